The first kappa shape index (κ1) is 15.3. The summed E-state index contributed by atoms with van der Waals surface area (Å²) >= 11 is 9.19. The predicted molar refractivity (Wildman–Crippen MR) is 81.0 cm³/mol. The zero-order valence-electron chi connectivity index (χ0n) is 10.8. The normalized spacial score (nSPS) is 17.3. The lowest BCUT2D eigenvalue weighted by atomic mass is 10.2. The van der Waals surface area contributed by atoms with Crippen LogP contribution in [0, 0.1) is 0 Å². The van der Waals surface area contributed by atoms with Crippen molar-refractivity contribution in [3.63, 3.8) is 0 Å². The van der Waals surface area contributed by atoms with E-state index in [9.17, 15) is 8.42 Å². The maximum Gasteiger partial charge on any atom is 0.243 e. The van der Waals surface area contributed by atoms with Gasteiger partial charge >= 0.3 is 0 Å². The third-order valence-corrected chi connectivity index (χ3v) is 6.78. The highest BCUT2D eigenvalue weighted by atomic mass is 79.9. The topological polar surface area (TPSA) is 37.4 Å². The zero-order valence-corrected chi connectivity index (χ0v) is 13.9. The van der Waals surface area contributed by atoms with Crippen LogP contribution in [0.2, 0.25) is 5.02 Å². The summed E-state index contributed by atoms with van der Waals surface area (Å²) < 4.78 is 27.6. The summed E-state index contributed by atoms with van der Waals surface area (Å²) in [6.45, 7) is 2.40. The Hall–Kier alpha value is -0.100. The quantitative estimate of drug-likeness (QED) is 0.806. The van der Waals surface area contributed by atoms with Gasteiger partial charge in [-0.3, -0.25) is 0 Å². The predicted octanol–water partition coefficient (Wildman–Crippen LogP) is 4.06. The fourth-order valence-electron chi connectivity index (χ4n) is 2.59. The van der Waals surface area contributed by atoms with Crippen molar-refractivity contribution in [1.29, 1.82) is 0 Å². The highest BCUT2D eigenvalue weighted by molar-refractivity contribution is 9.10. The molecule has 0 amide bonds. The van der Waals surface area contributed by atoms with E-state index < -0.39 is 10.0 Å². The maximum atomic E-state index is 12.7. The van der Waals surface area contributed by atoms with E-state index in [1.54, 1.807) is 22.5 Å². The molecule has 1 aromatic rings. The molecule has 0 unspecified atom stereocenters. The molecule has 0 radical (unpaired) electrons. The first-order valence-corrected chi connectivity index (χ1v) is 9.05. The van der Waals surface area contributed by atoms with Gasteiger partial charge in [0.15, 0.2) is 0 Å². The summed E-state index contributed by atoms with van der Waals surface area (Å²) in [6.07, 6.45) is 4.14. The Bertz CT molecular complexity index is 556. The van der Waals surface area contributed by atoms with Crippen LogP contribution in [0.3, 0.4) is 0 Å². The van der Waals surface area contributed by atoms with Crippen molar-refractivity contribution in [3.8, 4) is 0 Å². The second kappa shape index (κ2) is 6.12. The number of nitrogens with zero attached hydrogens (tertiary/aromatic N) is 1. The van der Waals surface area contributed by atoms with Gasteiger partial charge in [-0.25, -0.2) is 8.42 Å². The zero-order chi connectivity index (χ0) is 14.0. The van der Waals surface area contributed by atoms with Crippen LogP contribution in [0.1, 0.15) is 32.6 Å². The van der Waals surface area contributed by atoms with E-state index in [0.717, 1.165) is 25.7 Å². The van der Waals surface area contributed by atoms with Crippen LogP contribution in [-0.4, -0.2) is 25.3 Å². The Kier molecular flexibility index (Phi) is 4.93. The number of benzene rings is 1. The molecule has 19 heavy (non-hydrogen) atoms. The van der Waals surface area contributed by atoms with Gasteiger partial charge in [0, 0.05) is 17.1 Å². The number of rotatable bonds is 4. The maximum absolute atomic E-state index is 12.7. The van der Waals surface area contributed by atoms with Crippen LogP contribution in [0.4, 0.5) is 0 Å². The summed E-state index contributed by atoms with van der Waals surface area (Å²) in [5.74, 6) is 0. The lowest BCUT2D eigenvalue weighted by Crippen LogP contribution is -2.38. The average molecular weight is 367 g/mol. The molecule has 106 valence electrons. The van der Waals surface area contributed by atoms with E-state index in [2.05, 4.69) is 15.9 Å². The van der Waals surface area contributed by atoms with E-state index in [1.165, 1.54) is 0 Å². The summed E-state index contributed by atoms with van der Waals surface area (Å²) in [4.78, 5) is 0.303. The Morgan fingerprint density at radius 1 is 1.37 bits per heavy atom. The highest BCUT2D eigenvalue weighted by Gasteiger charge is 2.32. The SMILES string of the molecule is CCN(C1CCCC1)S(=O)(=O)c1ccc(Cl)c(Br)c1. The summed E-state index contributed by atoms with van der Waals surface area (Å²) in [5.41, 5.74) is 0. The molecule has 1 aromatic carbocycles. The molecular formula is C13H17BrClNO2S. The molecule has 1 fully saturated rings. The average Bonchev–Trinajstić information content (AvgIpc) is 2.86. The monoisotopic (exact) mass is 365 g/mol. The lowest BCUT2D eigenvalue weighted by molar-refractivity contribution is 0.335. The van der Waals surface area contributed by atoms with E-state index >= 15 is 0 Å². The van der Waals surface area contributed by atoms with Crippen molar-refractivity contribution in [2.24, 2.45) is 0 Å². The Balaban J connectivity index is 2.36. The van der Waals surface area contributed by atoms with Crippen LogP contribution in [0.5, 0.6) is 0 Å². The highest BCUT2D eigenvalue weighted by Crippen LogP contribution is 2.31. The van der Waals surface area contributed by atoms with Gasteiger partial charge in [-0.1, -0.05) is 31.4 Å². The van der Waals surface area contributed by atoms with Crippen molar-refractivity contribution in [3.05, 3.63) is 27.7 Å². The van der Waals surface area contributed by atoms with E-state index in [-0.39, 0.29) is 6.04 Å². The molecule has 1 aliphatic rings. The minimum absolute atomic E-state index is 0.143. The molecule has 0 bridgehead atoms. The van der Waals surface area contributed by atoms with Gasteiger partial charge in [-0.05, 0) is 47.0 Å². The molecule has 0 heterocycles. The number of halogens is 2. The van der Waals surface area contributed by atoms with Crippen molar-refractivity contribution in [2.75, 3.05) is 6.54 Å². The smallest absolute Gasteiger partial charge is 0.207 e. The van der Waals surface area contributed by atoms with Gasteiger partial charge in [0.25, 0.3) is 0 Å². The summed E-state index contributed by atoms with van der Waals surface area (Å²) in [7, 11) is -3.43. The molecule has 0 saturated heterocycles. The van der Waals surface area contributed by atoms with E-state index in [1.807, 2.05) is 6.92 Å². The molecule has 0 aliphatic heterocycles. The number of hydrogen-bond donors (Lipinski definition) is 0. The van der Waals surface area contributed by atoms with E-state index in [4.69, 9.17) is 11.6 Å². The first-order chi connectivity index (χ1) is 8.96. The van der Waals surface area contributed by atoms with Gasteiger partial charge < -0.3 is 0 Å². The van der Waals surface area contributed by atoms with Crippen molar-refractivity contribution in [2.45, 2.75) is 43.5 Å². The third-order valence-electron chi connectivity index (χ3n) is 3.54. The molecule has 0 atom stereocenters. The fraction of sp³-hybridized carbons (Fsp3) is 0.538. The Morgan fingerprint density at radius 2 is 2.00 bits per heavy atom. The third kappa shape index (κ3) is 3.15. The second-order valence-corrected chi connectivity index (χ2v) is 7.87. The fourth-order valence-corrected chi connectivity index (χ4v) is 4.96. The minimum atomic E-state index is -3.43. The van der Waals surface area contributed by atoms with Crippen LogP contribution < -0.4 is 0 Å². The van der Waals surface area contributed by atoms with Crippen LogP contribution in [-0.2, 0) is 10.0 Å². The lowest BCUT2D eigenvalue weighted by Gasteiger charge is -2.26. The van der Waals surface area contributed by atoms with Gasteiger partial charge in [0.1, 0.15) is 0 Å². The molecule has 2 rings (SSSR count). The Morgan fingerprint density at radius 3 is 2.53 bits per heavy atom. The largest absolute Gasteiger partial charge is 0.243 e. The molecule has 1 aliphatic carbocycles. The van der Waals surface area contributed by atoms with E-state index in [0.29, 0.717) is 20.9 Å². The minimum Gasteiger partial charge on any atom is -0.207 e. The molecule has 1 saturated carbocycles. The Labute approximate surface area is 128 Å². The van der Waals surface area contributed by atoms with Crippen molar-refractivity contribution >= 4 is 37.6 Å². The second-order valence-electron chi connectivity index (χ2n) is 4.72. The molecule has 0 N–H and O–H groups in total. The summed E-state index contributed by atoms with van der Waals surface area (Å²) in [5, 5.41) is 0.517. The van der Waals surface area contributed by atoms with Crippen LogP contribution in [0.25, 0.3) is 0 Å². The van der Waals surface area contributed by atoms with Gasteiger partial charge in [-0.15, -0.1) is 0 Å². The molecule has 0 spiro atoms. The number of sulfonamides is 1. The van der Waals surface area contributed by atoms with Crippen molar-refractivity contribution in [1.82, 2.24) is 4.31 Å². The van der Waals surface area contributed by atoms with Crippen LogP contribution in [0.15, 0.2) is 27.6 Å². The van der Waals surface area contributed by atoms with Gasteiger partial charge in [0.05, 0.1) is 9.92 Å². The van der Waals surface area contributed by atoms with Crippen LogP contribution >= 0.6 is 27.5 Å². The standard InChI is InChI=1S/C13H17BrClNO2S/c1-2-16(10-5-3-4-6-10)19(17,18)11-7-8-13(15)12(14)9-11/h7-10H,2-6H2,1H3. The molecular weight excluding hydrogens is 350 g/mol. The van der Waals surface area contributed by atoms with Gasteiger partial charge in [0.2, 0.25) is 10.0 Å². The molecule has 3 nitrogen and oxygen atoms in total. The first-order valence-electron chi connectivity index (χ1n) is 6.43. The van der Waals surface area contributed by atoms with Crippen molar-refractivity contribution < 1.29 is 8.42 Å². The van der Waals surface area contributed by atoms with Gasteiger partial charge in [-0.2, -0.15) is 4.31 Å². The molecule has 6 heteroatoms. The molecule has 0 aromatic heterocycles. The summed E-state index contributed by atoms with van der Waals surface area (Å²) in [6, 6.07) is 4.90. The number of hydrogen-bond acceptors (Lipinski definition) is 2.